The van der Waals surface area contributed by atoms with Crippen LogP contribution in [-0.2, 0) is 14.3 Å². The lowest BCUT2D eigenvalue weighted by Gasteiger charge is -2.11. The number of halogens is 2. The Bertz CT molecular complexity index is 358. The highest BCUT2D eigenvalue weighted by Crippen LogP contribution is 2.22. The fourth-order valence-corrected chi connectivity index (χ4v) is 1.80. The molecular formula is C11H14Cl2O4. The van der Waals surface area contributed by atoms with Crippen molar-refractivity contribution in [2.24, 2.45) is 0 Å². The van der Waals surface area contributed by atoms with Crippen LogP contribution in [0.4, 0.5) is 0 Å². The van der Waals surface area contributed by atoms with Gasteiger partial charge in [0.2, 0.25) is 0 Å². The summed E-state index contributed by atoms with van der Waals surface area (Å²) in [6, 6.07) is 0. The number of aliphatic carboxylic acids is 1. The molecule has 0 aliphatic carbocycles. The summed E-state index contributed by atoms with van der Waals surface area (Å²) in [5.41, 5.74) is 1.46. The molecule has 1 N–H and O–H groups in total. The second-order valence-electron chi connectivity index (χ2n) is 3.00. The average molecular weight is 281 g/mol. The Labute approximate surface area is 110 Å². The Morgan fingerprint density at radius 1 is 1.35 bits per heavy atom. The Morgan fingerprint density at radius 2 is 1.94 bits per heavy atom. The lowest BCUT2D eigenvalue weighted by atomic mass is 10.0. The van der Waals surface area contributed by atoms with Crippen LogP contribution in [0.25, 0.3) is 0 Å². The van der Waals surface area contributed by atoms with Crippen LogP contribution in [0.5, 0.6) is 0 Å². The lowest BCUT2D eigenvalue weighted by Crippen LogP contribution is -2.19. The third kappa shape index (κ3) is 4.40. The molecule has 0 radical (unpaired) electrons. The largest absolute Gasteiger partial charge is 0.477 e. The van der Waals surface area contributed by atoms with Crippen molar-refractivity contribution >= 4 is 35.1 Å². The molecule has 0 aromatic rings. The summed E-state index contributed by atoms with van der Waals surface area (Å²) in [6.45, 7) is 3.47. The van der Waals surface area contributed by atoms with Crippen molar-refractivity contribution in [1.82, 2.24) is 0 Å². The van der Waals surface area contributed by atoms with E-state index in [1.807, 2.05) is 0 Å². The third-order valence-corrected chi connectivity index (χ3v) is 2.56. The van der Waals surface area contributed by atoms with Crippen LogP contribution in [0.15, 0.2) is 22.3 Å². The minimum absolute atomic E-state index is 0.0945. The standard InChI is InChI=1S/C11H14Cl2O4/c1-3-7(5-12)8(6-13)9(10(14)15)11(16)17-4-2/h5H,3-4,6H2,1-2H3,(H,14,15). The number of carbonyl (C=O) groups is 2. The molecule has 0 saturated heterocycles. The van der Waals surface area contributed by atoms with E-state index in [0.29, 0.717) is 12.0 Å². The molecule has 0 aliphatic rings. The maximum Gasteiger partial charge on any atom is 0.345 e. The van der Waals surface area contributed by atoms with E-state index in [4.69, 9.17) is 28.3 Å². The van der Waals surface area contributed by atoms with Crippen molar-refractivity contribution in [3.8, 4) is 0 Å². The first kappa shape index (κ1) is 16.0. The minimum atomic E-state index is -1.37. The molecule has 0 amide bonds. The number of carboxylic acid groups (broad SMARTS) is 1. The van der Waals surface area contributed by atoms with Crippen LogP contribution >= 0.6 is 23.2 Å². The van der Waals surface area contributed by atoms with Gasteiger partial charge in [0, 0.05) is 11.4 Å². The minimum Gasteiger partial charge on any atom is -0.477 e. The van der Waals surface area contributed by atoms with Crippen molar-refractivity contribution in [3.05, 3.63) is 22.3 Å². The molecule has 0 aromatic carbocycles. The summed E-state index contributed by atoms with van der Waals surface area (Å²) >= 11 is 11.2. The van der Waals surface area contributed by atoms with Crippen LogP contribution < -0.4 is 0 Å². The SMILES string of the molecule is CCOC(=O)C(C(=O)O)=C(CCl)C(=CCl)CC. The monoisotopic (exact) mass is 280 g/mol. The summed E-state index contributed by atoms with van der Waals surface area (Å²) in [4.78, 5) is 22.6. The van der Waals surface area contributed by atoms with Crippen molar-refractivity contribution < 1.29 is 19.4 Å². The summed E-state index contributed by atoms with van der Waals surface area (Å²) in [6.07, 6.45) is 0.474. The number of ether oxygens (including phenoxy) is 1. The van der Waals surface area contributed by atoms with Gasteiger partial charge in [-0.15, -0.1) is 11.6 Å². The van der Waals surface area contributed by atoms with Crippen molar-refractivity contribution in [2.75, 3.05) is 12.5 Å². The van der Waals surface area contributed by atoms with Gasteiger partial charge in [-0.2, -0.15) is 0 Å². The maximum atomic E-state index is 11.5. The molecule has 96 valence electrons. The van der Waals surface area contributed by atoms with Crippen LogP contribution in [-0.4, -0.2) is 29.5 Å². The van der Waals surface area contributed by atoms with Crippen LogP contribution in [0.1, 0.15) is 20.3 Å². The number of esters is 1. The molecule has 0 unspecified atom stereocenters. The van der Waals surface area contributed by atoms with Gasteiger partial charge in [0.05, 0.1) is 6.61 Å². The van der Waals surface area contributed by atoms with Gasteiger partial charge in [-0.1, -0.05) is 18.5 Å². The number of alkyl halides is 1. The predicted octanol–water partition coefficient (Wildman–Crippen LogP) is 2.70. The zero-order valence-corrected chi connectivity index (χ0v) is 11.1. The van der Waals surface area contributed by atoms with Crippen LogP contribution in [0.2, 0.25) is 0 Å². The summed E-state index contributed by atoms with van der Waals surface area (Å²) < 4.78 is 4.68. The van der Waals surface area contributed by atoms with E-state index in [9.17, 15) is 9.59 Å². The zero-order valence-electron chi connectivity index (χ0n) is 9.63. The first-order valence-electron chi connectivity index (χ1n) is 5.02. The second-order valence-corrected chi connectivity index (χ2v) is 3.49. The highest BCUT2D eigenvalue weighted by molar-refractivity contribution is 6.27. The molecule has 0 spiro atoms. The Balaban J connectivity index is 5.63. The van der Waals surface area contributed by atoms with E-state index in [1.165, 1.54) is 5.54 Å². The topological polar surface area (TPSA) is 63.6 Å². The smallest absolute Gasteiger partial charge is 0.345 e. The van der Waals surface area contributed by atoms with E-state index in [0.717, 1.165) is 0 Å². The Kier molecular flexibility index (Phi) is 7.66. The van der Waals surface area contributed by atoms with Crippen molar-refractivity contribution in [1.29, 1.82) is 0 Å². The van der Waals surface area contributed by atoms with E-state index < -0.39 is 17.5 Å². The molecule has 0 fully saturated rings. The highest BCUT2D eigenvalue weighted by Gasteiger charge is 2.24. The van der Waals surface area contributed by atoms with Gasteiger partial charge in [0.15, 0.2) is 0 Å². The number of allylic oxidation sites excluding steroid dienone is 2. The second kappa shape index (κ2) is 8.14. The first-order valence-corrected chi connectivity index (χ1v) is 5.99. The van der Waals surface area contributed by atoms with Gasteiger partial charge in [-0.25, -0.2) is 9.59 Å². The van der Waals surface area contributed by atoms with Gasteiger partial charge in [-0.3, -0.25) is 0 Å². The maximum absolute atomic E-state index is 11.5. The summed E-state index contributed by atoms with van der Waals surface area (Å²) in [5.74, 6) is -2.39. The fraction of sp³-hybridized carbons (Fsp3) is 0.455. The molecular weight excluding hydrogens is 267 g/mol. The quantitative estimate of drug-likeness (QED) is 0.203. The first-order chi connectivity index (χ1) is 8.03. The van der Waals surface area contributed by atoms with E-state index in [2.05, 4.69) is 4.74 Å². The summed E-state index contributed by atoms with van der Waals surface area (Å²) in [5, 5.41) is 9.02. The van der Waals surface area contributed by atoms with Gasteiger partial charge < -0.3 is 9.84 Å². The normalized spacial score (nSPS) is 13.1. The lowest BCUT2D eigenvalue weighted by molar-refractivity contribution is -0.143. The Morgan fingerprint density at radius 3 is 2.24 bits per heavy atom. The van der Waals surface area contributed by atoms with E-state index in [-0.39, 0.29) is 18.1 Å². The predicted molar refractivity (Wildman–Crippen MR) is 66.2 cm³/mol. The number of hydrogen-bond acceptors (Lipinski definition) is 3. The molecule has 17 heavy (non-hydrogen) atoms. The molecule has 0 saturated carbocycles. The molecule has 0 aliphatic heterocycles. The van der Waals surface area contributed by atoms with Gasteiger partial charge in [-0.05, 0) is 24.5 Å². The molecule has 0 rings (SSSR count). The van der Waals surface area contributed by atoms with Crippen molar-refractivity contribution in [2.45, 2.75) is 20.3 Å². The average Bonchev–Trinajstić information content (AvgIpc) is 2.28. The number of carbonyl (C=O) groups excluding carboxylic acids is 1. The van der Waals surface area contributed by atoms with Gasteiger partial charge >= 0.3 is 11.9 Å². The number of carboxylic acids is 1. The number of rotatable bonds is 6. The molecule has 4 nitrogen and oxygen atoms in total. The molecule has 0 bridgehead atoms. The fourth-order valence-electron chi connectivity index (χ4n) is 1.21. The highest BCUT2D eigenvalue weighted by atomic mass is 35.5. The summed E-state index contributed by atoms with van der Waals surface area (Å²) in [7, 11) is 0. The van der Waals surface area contributed by atoms with Gasteiger partial charge in [0.25, 0.3) is 0 Å². The molecule has 0 heterocycles. The van der Waals surface area contributed by atoms with Crippen molar-refractivity contribution in [3.63, 3.8) is 0 Å². The van der Waals surface area contributed by atoms with E-state index >= 15 is 0 Å². The van der Waals surface area contributed by atoms with Crippen LogP contribution in [0.3, 0.4) is 0 Å². The Hall–Kier alpha value is -1.000. The zero-order chi connectivity index (χ0) is 13.4. The molecule has 6 heteroatoms. The third-order valence-electron chi connectivity index (χ3n) is 2.03. The van der Waals surface area contributed by atoms with E-state index in [1.54, 1.807) is 13.8 Å². The van der Waals surface area contributed by atoms with Crippen LogP contribution in [0, 0.1) is 0 Å². The molecule has 0 atom stereocenters. The number of hydrogen-bond donors (Lipinski definition) is 1. The van der Waals surface area contributed by atoms with Gasteiger partial charge in [0.1, 0.15) is 5.57 Å². The molecule has 0 aromatic heterocycles.